The quantitative estimate of drug-likeness (QED) is 0.245. The number of methoxy groups -OCH3 is 1. The molecule has 0 aliphatic carbocycles. The number of ether oxygens (including phenoxy) is 1. The molecular formula is C25H36IN5O2. The number of amides is 1. The molecule has 33 heavy (non-hydrogen) atoms. The SMILES string of the molecule is CCNC(=NCc1cccc(C(N)=O)c1)NCC(c1ccc(OC)cc1)N1CCCCC1.I. The highest BCUT2D eigenvalue weighted by Gasteiger charge is 2.22. The van der Waals surface area contributed by atoms with Crippen LogP contribution in [0.1, 0.15) is 53.7 Å². The van der Waals surface area contributed by atoms with Gasteiger partial charge in [-0.05, 0) is 68.2 Å². The molecule has 3 rings (SSSR count). The van der Waals surface area contributed by atoms with Gasteiger partial charge in [-0.15, -0.1) is 24.0 Å². The third-order valence-electron chi connectivity index (χ3n) is 5.77. The number of carbonyl (C=O) groups is 1. The summed E-state index contributed by atoms with van der Waals surface area (Å²) in [5, 5.41) is 6.85. The fourth-order valence-corrected chi connectivity index (χ4v) is 4.04. The Balaban J connectivity index is 0.00000385. The average molecular weight is 566 g/mol. The summed E-state index contributed by atoms with van der Waals surface area (Å²) in [6.07, 6.45) is 3.77. The van der Waals surface area contributed by atoms with Gasteiger partial charge in [0.05, 0.1) is 19.7 Å². The lowest BCUT2D eigenvalue weighted by molar-refractivity contribution is 0.1000. The van der Waals surface area contributed by atoms with E-state index in [0.717, 1.165) is 43.5 Å². The third kappa shape index (κ3) is 8.19. The molecule has 2 aromatic rings. The summed E-state index contributed by atoms with van der Waals surface area (Å²) in [4.78, 5) is 18.7. The molecule has 1 aliphatic rings. The van der Waals surface area contributed by atoms with Crippen LogP contribution in [-0.2, 0) is 6.54 Å². The molecule has 0 saturated carbocycles. The second-order valence-electron chi connectivity index (χ2n) is 8.03. The van der Waals surface area contributed by atoms with Gasteiger partial charge < -0.3 is 21.1 Å². The van der Waals surface area contributed by atoms with Crippen LogP contribution in [0.25, 0.3) is 0 Å². The van der Waals surface area contributed by atoms with Crippen LogP contribution in [0.4, 0.5) is 0 Å². The summed E-state index contributed by atoms with van der Waals surface area (Å²) in [7, 11) is 1.69. The average Bonchev–Trinajstić information content (AvgIpc) is 2.83. The number of hydrogen-bond donors (Lipinski definition) is 3. The number of piperidine rings is 1. The number of rotatable bonds is 9. The molecule has 0 bridgehead atoms. The summed E-state index contributed by atoms with van der Waals surface area (Å²) in [6.45, 7) is 6.24. The molecule has 7 nitrogen and oxygen atoms in total. The van der Waals surface area contributed by atoms with E-state index in [1.165, 1.54) is 24.8 Å². The zero-order valence-corrected chi connectivity index (χ0v) is 21.9. The van der Waals surface area contributed by atoms with E-state index in [9.17, 15) is 4.79 Å². The molecule has 4 N–H and O–H groups in total. The van der Waals surface area contributed by atoms with Gasteiger partial charge in [-0.1, -0.05) is 30.7 Å². The third-order valence-corrected chi connectivity index (χ3v) is 5.77. The van der Waals surface area contributed by atoms with Gasteiger partial charge in [0.2, 0.25) is 5.91 Å². The van der Waals surface area contributed by atoms with Gasteiger partial charge >= 0.3 is 0 Å². The van der Waals surface area contributed by atoms with Gasteiger partial charge in [0.15, 0.2) is 5.96 Å². The molecule has 1 atom stereocenters. The van der Waals surface area contributed by atoms with Crippen molar-refractivity contribution in [2.45, 2.75) is 38.8 Å². The summed E-state index contributed by atoms with van der Waals surface area (Å²) < 4.78 is 5.33. The molecule has 0 spiro atoms. The van der Waals surface area contributed by atoms with Crippen LogP contribution in [0, 0.1) is 0 Å². The highest BCUT2D eigenvalue weighted by atomic mass is 127. The van der Waals surface area contributed by atoms with Crippen molar-refractivity contribution in [1.82, 2.24) is 15.5 Å². The monoisotopic (exact) mass is 565 g/mol. The molecular weight excluding hydrogens is 529 g/mol. The van der Waals surface area contributed by atoms with Crippen molar-refractivity contribution in [1.29, 1.82) is 0 Å². The largest absolute Gasteiger partial charge is 0.497 e. The van der Waals surface area contributed by atoms with Crippen molar-refractivity contribution in [2.24, 2.45) is 10.7 Å². The number of aliphatic imine (C=N–C) groups is 1. The molecule has 180 valence electrons. The number of guanidine groups is 1. The molecule has 1 unspecified atom stereocenters. The van der Waals surface area contributed by atoms with Gasteiger partial charge in [0.25, 0.3) is 0 Å². The Kier molecular flexibility index (Phi) is 11.5. The second kappa shape index (κ2) is 14.0. The second-order valence-corrected chi connectivity index (χ2v) is 8.03. The Morgan fingerprint density at radius 1 is 1.12 bits per heavy atom. The first-order valence-electron chi connectivity index (χ1n) is 11.4. The zero-order chi connectivity index (χ0) is 22.8. The van der Waals surface area contributed by atoms with Crippen molar-refractivity contribution in [2.75, 3.05) is 33.3 Å². The molecule has 1 heterocycles. The number of nitrogens with one attached hydrogen (secondary N) is 2. The molecule has 1 aliphatic heterocycles. The Bertz CT molecular complexity index is 898. The maximum absolute atomic E-state index is 11.4. The molecule has 1 amide bonds. The molecule has 1 fully saturated rings. The van der Waals surface area contributed by atoms with Crippen molar-refractivity contribution >= 4 is 35.8 Å². The standard InChI is InChI=1S/C25H35N5O2.HI/c1-3-27-25(28-17-19-8-7-9-21(16-19)24(26)31)29-18-23(30-14-5-4-6-15-30)20-10-12-22(32-2)13-11-20;/h7-13,16,23H,3-6,14-15,17-18H2,1-2H3,(H2,26,31)(H2,27,28,29);1H. The minimum atomic E-state index is -0.426. The first-order chi connectivity index (χ1) is 15.6. The molecule has 8 heteroatoms. The fraction of sp³-hybridized carbons (Fsp3) is 0.440. The summed E-state index contributed by atoms with van der Waals surface area (Å²) in [5.74, 6) is 1.20. The van der Waals surface area contributed by atoms with Crippen molar-refractivity contribution in [3.63, 3.8) is 0 Å². The lowest BCUT2D eigenvalue weighted by atomic mass is 10.0. The van der Waals surface area contributed by atoms with Crippen molar-refractivity contribution < 1.29 is 9.53 Å². The lowest BCUT2D eigenvalue weighted by Crippen LogP contribution is -2.44. The van der Waals surface area contributed by atoms with Gasteiger partial charge in [0.1, 0.15) is 5.75 Å². The van der Waals surface area contributed by atoms with E-state index in [2.05, 4.69) is 34.6 Å². The number of hydrogen-bond acceptors (Lipinski definition) is 4. The van der Waals surface area contributed by atoms with E-state index in [-0.39, 0.29) is 30.0 Å². The number of halogens is 1. The number of nitrogens with two attached hydrogens (primary N) is 1. The Morgan fingerprint density at radius 3 is 2.48 bits per heavy atom. The Morgan fingerprint density at radius 2 is 1.85 bits per heavy atom. The highest BCUT2D eigenvalue weighted by Crippen LogP contribution is 2.25. The first kappa shape index (κ1) is 26.9. The molecule has 1 saturated heterocycles. The van der Waals surface area contributed by atoms with E-state index in [1.807, 2.05) is 24.3 Å². The van der Waals surface area contributed by atoms with Crippen molar-refractivity contribution in [3.8, 4) is 5.75 Å². The maximum atomic E-state index is 11.4. The van der Waals surface area contributed by atoms with Crippen LogP contribution in [0.15, 0.2) is 53.5 Å². The lowest BCUT2D eigenvalue weighted by Gasteiger charge is -2.35. The minimum Gasteiger partial charge on any atom is -0.497 e. The van der Waals surface area contributed by atoms with Crippen LogP contribution >= 0.6 is 24.0 Å². The van der Waals surface area contributed by atoms with Gasteiger partial charge in [0, 0.05) is 18.7 Å². The van der Waals surface area contributed by atoms with E-state index in [1.54, 1.807) is 19.2 Å². The first-order valence-corrected chi connectivity index (χ1v) is 11.4. The normalized spacial score (nSPS) is 15.3. The van der Waals surface area contributed by atoms with E-state index >= 15 is 0 Å². The van der Waals surface area contributed by atoms with E-state index in [4.69, 9.17) is 15.5 Å². The topological polar surface area (TPSA) is 92.0 Å². The maximum Gasteiger partial charge on any atom is 0.248 e. The Hall–Kier alpha value is -2.33. The van der Waals surface area contributed by atoms with Crippen LogP contribution in [0.2, 0.25) is 0 Å². The van der Waals surface area contributed by atoms with Crippen molar-refractivity contribution in [3.05, 3.63) is 65.2 Å². The van der Waals surface area contributed by atoms with Crippen LogP contribution in [0.5, 0.6) is 5.75 Å². The molecule has 0 aromatic heterocycles. The van der Waals surface area contributed by atoms with Crippen LogP contribution < -0.4 is 21.1 Å². The number of likely N-dealkylation sites (tertiary alicyclic amines) is 1. The molecule has 2 aromatic carbocycles. The Labute approximate surface area is 214 Å². The number of primary amides is 1. The van der Waals surface area contributed by atoms with Gasteiger partial charge in [-0.2, -0.15) is 0 Å². The van der Waals surface area contributed by atoms with E-state index < -0.39 is 5.91 Å². The summed E-state index contributed by atoms with van der Waals surface area (Å²) in [5.41, 5.74) is 8.11. The predicted molar refractivity (Wildman–Crippen MR) is 144 cm³/mol. The fourth-order valence-electron chi connectivity index (χ4n) is 4.04. The van der Waals surface area contributed by atoms with Gasteiger partial charge in [-0.25, -0.2) is 4.99 Å². The smallest absolute Gasteiger partial charge is 0.248 e. The highest BCUT2D eigenvalue weighted by molar-refractivity contribution is 14.0. The minimum absolute atomic E-state index is 0. The number of carbonyl (C=O) groups excluding carboxylic acids is 1. The number of benzene rings is 2. The van der Waals surface area contributed by atoms with Gasteiger partial charge in [-0.3, -0.25) is 9.69 Å². The molecule has 0 radical (unpaired) electrons. The zero-order valence-electron chi connectivity index (χ0n) is 19.5. The number of nitrogens with zero attached hydrogens (tertiary/aromatic N) is 2. The predicted octanol–water partition coefficient (Wildman–Crippen LogP) is 3.69. The summed E-state index contributed by atoms with van der Waals surface area (Å²) in [6, 6.07) is 15.9. The van der Waals surface area contributed by atoms with E-state index in [0.29, 0.717) is 12.1 Å². The van der Waals surface area contributed by atoms with Crippen LogP contribution in [-0.4, -0.2) is 50.1 Å². The van der Waals surface area contributed by atoms with Crippen LogP contribution in [0.3, 0.4) is 0 Å². The summed E-state index contributed by atoms with van der Waals surface area (Å²) >= 11 is 0.